The van der Waals surface area contributed by atoms with E-state index >= 15 is 0 Å². The van der Waals surface area contributed by atoms with Gasteiger partial charge in [0.2, 0.25) is 0 Å². The molecule has 1 aromatic heterocycles. The van der Waals surface area contributed by atoms with E-state index in [9.17, 15) is 4.39 Å². The molecule has 0 saturated heterocycles. The van der Waals surface area contributed by atoms with E-state index in [0.717, 1.165) is 11.4 Å². The molecule has 4 heteroatoms. The van der Waals surface area contributed by atoms with Gasteiger partial charge >= 0.3 is 0 Å². The van der Waals surface area contributed by atoms with E-state index in [2.05, 4.69) is 10.3 Å². The van der Waals surface area contributed by atoms with Crippen LogP contribution >= 0.6 is 0 Å². The second-order valence-corrected chi connectivity index (χ2v) is 3.15. The molecular formula is C10H10FN3. The van der Waals surface area contributed by atoms with Crippen LogP contribution in [0.25, 0.3) is 5.69 Å². The Kier molecular flexibility index (Phi) is 2.04. The molecule has 3 nitrogen and oxygen atoms in total. The van der Waals surface area contributed by atoms with Gasteiger partial charge in [-0.25, -0.2) is 9.07 Å². The predicted octanol–water partition coefficient (Wildman–Crippen LogP) is 2.02. The molecule has 0 radical (unpaired) electrons. The molecule has 0 saturated carbocycles. The smallest absolute Gasteiger partial charge is 0.125 e. The van der Waals surface area contributed by atoms with Crippen LogP contribution in [-0.4, -0.2) is 15.0 Å². The first-order chi connectivity index (χ1) is 6.68. The maximum absolute atomic E-state index is 12.9. The molecular weight excluding hydrogens is 181 g/mol. The summed E-state index contributed by atoms with van der Waals surface area (Å²) >= 11 is 0. The second-order valence-electron chi connectivity index (χ2n) is 3.15. The van der Waals surface area contributed by atoms with Crippen LogP contribution in [0.2, 0.25) is 0 Å². The van der Waals surface area contributed by atoms with E-state index in [4.69, 9.17) is 0 Å². The Morgan fingerprint density at radius 2 is 2.07 bits per heavy atom. The second kappa shape index (κ2) is 3.21. The zero-order chi connectivity index (χ0) is 10.1. The maximum atomic E-state index is 12.9. The van der Waals surface area contributed by atoms with Crippen molar-refractivity contribution in [2.45, 2.75) is 13.8 Å². The summed E-state index contributed by atoms with van der Waals surface area (Å²) in [7, 11) is 0. The van der Waals surface area contributed by atoms with Gasteiger partial charge in [0.25, 0.3) is 0 Å². The van der Waals surface area contributed by atoms with E-state index < -0.39 is 0 Å². The molecule has 1 aromatic carbocycles. The van der Waals surface area contributed by atoms with Crippen LogP contribution in [0.15, 0.2) is 24.3 Å². The highest BCUT2D eigenvalue weighted by Gasteiger charge is 2.06. The van der Waals surface area contributed by atoms with Gasteiger partial charge in [-0.3, -0.25) is 0 Å². The number of aryl methyl sites for hydroxylation is 1. The summed E-state index contributed by atoms with van der Waals surface area (Å²) in [6.45, 7) is 3.78. The summed E-state index contributed by atoms with van der Waals surface area (Å²) in [5.74, 6) is -0.268. The quantitative estimate of drug-likeness (QED) is 0.690. The highest BCUT2D eigenvalue weighted by molar-refractivity contribution is 5.33. The third-order valence-corrected chi connectivity index (χ3v) is 2.18. The molecule has 0 aliphatic heterocycles. The zero-order valence-corrected chi connectivity index (χ0v) is 8.03. The van der Waals surface area contributed by atoms with Crippen molar-refractivity contribution in [2.24, 2.45) is 0 Å². The topological polar surface area (TPSA) is 30.7 Å². The minimum absolute atomic E-state index is 0.268. The van der Waals surface area contributed by atoms with Gasteiger partial charge in [-0.15, -0.1) is 5.10 Å². The Labute approximate surface area is 81.2 Å². The molecule has 2 aromatic rings. The lowest BCUT2D eigenvalue weighted by molar-refractivity contribution is 0.624. The van der Waals surface area contributed by atoms with E-state index in [1.165, 1.54) is 12.1 Å². The fourth-order valence-corrected chi connectivity index (χ4v) is 1.26. The predicted molar refractivity (Wildman–Crippen MR) is 50.8 cm³/mol. The van der Waals surface area contributed by atoms with Crippen molar-refractivity contribution in [2.75, 3.05) is 0 Å². The molecule has 0 amide bonds. The lowest BCUT2D eigenvalue weighted by atomic mass is 10.3. The minimum Gasteiger partial charge on any atom is -0.218 e. The summed E-state index contributed by atoms with van der Waals surface area (Å²) in [5.41, 5.74) is 2.48. The fraction of sp³-hybridized carbons (Fsp3) is 0.200. The van der Waals surface area contributed by atoms with Crippen LogP contribution in [0.4, 0.5) is 4.39 Å². The summed E-state index contributed by atoms with van der Waals surface area (Å²) in [4.78, 5) is 0. The zero-order valence-electron chi connectivity index (χ0n) is 8.03. The van der Waals surface area contributed by atoms with Crippen LogP contribution in [0.5, 0.6) is 0 Å². The highest BCUT2D eigenvalue weighted by atomic mass is 19.1. The van der Waals surface area contributed by atoms with Crippen molar-refractivity contribution in [3.05, 3.63) is 41.5 Å². The van der Waals surface area contributed by atoms with Gasteiger partial charge in [-0.05, 0) is 32.0 Å². The number of aromatic nitrogens is 3. The Bertz CT molecular complexity index is 462. The van der Waals surface area contributed by atoms with Crippen molar-refractivity contribution in [3.63, 3.8) is 0 Å². The number of nitrogens with zero attached hydrogens (tertiary/aromatic N) is 3. The molecule has 72 valence electrons. The third kappa shape index (κ3) is 1.39. The average molecular weight is 191 g/mol. The van der Waals surface area contributed by atoms with Crippen LogP contribution in [0.3, 0.4) is 0 Å². The number of hydrogen-bond donors (Lipinski definition) is 0. The third-order valence-electron chi connectivity index (χ3n) is 2.18. The first-order valence-corrected chi connectivity index (χ1v) is 4.33. The first kappa shape index (κ1) is 8.87. The lowest BCUT2D eigenvalue weighted by Gasteiger charge is -2.02. The molecule has 0 fully saturated rings. The van der Waals surface area contributed by atoms with Crippen molar-refractivity contribution in [3.8, 4) is 5.69 Å². The van der Waals surface area contributed by atoms with Crippen LogP contribution in [0, 0.1) is 19.7 Å². The molecule has 0 bridgehead atoms. The van der Waals surface area contributed by atoms with Gasteiger partial charge < -0.3 is 0 Å². The Hall–Kier alpha value is -1.71. The van der Waals surface area contributed by atoms with E-state index in [1.807, 2.05) is 13.8 Å². The van der Waals surface area contributed by atoms with Gasteiger partial charge in [-0.2, -0.15) is 0 Å². The standard InChI is InChI=1S/C10H10FN3/c1-7-8(2)14(13-12-7)10-5-3-4-9(11)6-10/h3-6H,1-2H3. The lowest BCUT2D eigenvalue weighted by Crippen LogP contribution is -1.99. The highest BCUT2D eigenvalue weighted by Crippen LogP contribution is 2.12. The molecule has 14 heavy (non-hydrogen) atoms. The molecule has 0 N–H and O–H groups in total. The largest absolute Gasteiger partial charge is 0.218 e. The van der Waals surface area contributed by atoms with E-state index in [1.54, 1.807) is 16.8 Å². The van der Waals surface area contributed by atoms with E-state index in [0.29, 0.717) is 5.69 Å². The van der Waals surface area contributed by atoms with Crippen LogP contribution in [-0.2, 0) is 0 Å². The summed E-state index contributed by atoms with van der Waals surface area (Å²) in [5, 5.41) is 7.84. The molecule has 0 spiro atoms. The number of hydrogen-bond acceptors (Lipinski definition) is 2. The number of benzene rings is 1. The van der Waals surface area contributed by atoms with Gasteiger partial charge in [0.15, 0.2) is 0 Å². The monoisotopic (exact) mass is 191 g/mol. The van der Waals surface area contributed by atoms with Gasteiger partial charge in [0.1, 0.15) is 5.82 Å². The number of rotatable bonds is 1. The minimum atomic E-state index is -0.268. The molecule has 0 atom stereocenters. The van der Waals surface area contributed by atoms with Crippen molar-refractivity contribution >= 4 is 0 Å². The van der Waals surface area contributed by atoms with Crippen molar-refractivity contribution < 1.29 is 4.39 Å². The van der Waals surface area contributed by atoms with Gasteiger partial charge in [-0.1, -0.05) is 11.3 Å². The normalized spacial score (nSPS) is 10.5. The summed E-state index contributed by atoms with van der Waals surface area (Å²) in [6, 6.07) is 6.29. The van der Waals surface area contributed by atoms with Crippen LogP contribution < -0.4 is 0 Å². The van der Waals surface area contributed by atoms with Crippen molar-refractivity contribution in [1.29, 1.82) is 0 Å². The maximum Gasteiger partial charge on any atom is 0.125 e. The number of halogens is 1. The SMILES string of the molecule is Cc1nnn(-c2cccc(F)c2)c1C. The summed E-state index contributed by atoms with van der Waals surface area (Å²) < 4.78 is 14.6. The Morgan fingerprint density at radius 1 is 1.29 bits per heavy atom. The molecule has 0 aliphatic carbocycles. The molecule has 0 unspecified atom stereocenters. The molecule has 1 heterocycles. The van der Waals surface area contributed by atoms with E-state index in [-0.39, 0.29) is 5.82 Å². The van der Waals surface area contributed by atoms with Gasteiger partial charge in [0.05, 0.1) is 17.1 Å². The average Bonchev–Trinajstić information content (AvgIpc) is 2.48. The molecule has 0 aliphatic rings. The Balaban J connectivity index is 2.55. The summed E-state index contributed by atoms with van der Waals surface area (Å²) in [6.07, 6.45) is 0. The van der Waals surface area contributed by atoms with Crippen LogP contribution in [0.1, 0.15) is 11.4 Å². The fourth-order valence-electron chi connectivity index (χ4n) is 1.26. The Morgan fingerprint density at radius 3 is 2.64 bits per heavy atom. The van der Waals surface area contributed by atoms with Crippen molar-refractivity contribution in [1.82, 2.24) is 15.0 Å². The molecule has 2 rings (SSSR count). The first-order valence-electron chi connectivity index (χ1n) is 4.33. The van der Waals surface area contributed by atoms with Gasteiger partial charge in [0, 0.05) is 0 Å².